The molecule has 0 bridgehead atoms. The zero-order chi connectivity index (χ0) is 27.1. The normalized spacial score (nSPS) is 13.6. The first-order chi connectivity index (χ1) is 18.9. The van der Waals surface area contributed by atoms with Gasteiger partial charge in [0.25, 0.3) is 0 Å². The summed E-state index contributed by atoms with van der Waals surface area (Å²) in [7, 11) is 3.69. The summed E-state index contributed by atoms with van der Waals surface area (Å²) in [5.41, 5.74) is 10.7. The minimum absolute atomic E-state index is 0.528. The molecule has 0 saturated carbocycles. The maximum atomic E-state index is 5.35. The lowest BCUT2D eigenvalue weighted by molar-refractivity contribution is 0.414. The van der Waals surface area contributed by atoms with E-state index in [1.807, 2.05) is 25.4 Å². The number of aromatic nitrogens is 4. The highest BCUT2D eigenvalue weighted by Crippen LogP contribution is 2.34. The summed E-state index contributed by atoms with van der Waals surface area (Å²) in [5.74, 6) is 1.84. The Hall–Kier alpha value is -4.23. The number of likely N-dealkylation sites (N-methyl/N-ethyl adjacent to an activating group) is 1. The van der Waals surface area contributed by atoms with Crippen molar-refractivity contribution in [2.24, 2.45) is 0 Å². The van der Waals surface area contributed by atoms with E-state index < -0.39 is 0 Å². The minimum atomic E-state index is 0.528. The van der Waals surface area contributed by atoms with E-state index in [-0.39, 0.29) is 0 Å². The average molecular weight is 519 g/mol. The summed E-state index contributed by atoms with van der Waals surface area (Å²) in [6.07, 6.45) is 1.93. The number of benzene rings is 2. The number of nitrogens with one attached hydrogen (secondary N) is 1. The molecule has 1 aliphatic rings. The fourth-order valence-electron chi connectivity index (χ4n) is 5.25. The molecule has 5 aromatic rings. The molecule has 0 amide bonds. The van der Waals surface area contributed by atoms with Crippen LogP contribution in [0.3, 0.4) is 0 Å². The number of pyridine rings is 2. The molecular weight excluding hydrogens is 484 g/mol. The van der Waals surface area contributed by atoms with E-state index in [1.165, 1.54) is 11.1 Å². The Labute approximate surface area is 229 Å². The fourth-order valence-corrected chi connectivity index (χ4v) is 5.25. The van der Waals surface area contributed by atoms with E-state index in [0.29, 0.717) is 12.6 Å². The van der Waals surface area contributed by atoms with Gasteiger partial charge in [0.1, 0.15) is 22.8 Å². The summed E-state index contributed by atoms with van der Waals surface area (Å²) in [6, 6.07) is 21.5. The molecule has 7 nitrogen and oxygen atoms in total. The predicted octanol–water partition coefficient (Wildman–Crippen LogP) is 5.55. The Bertz CT molecular complexity index is 1630. The summed E-state index contributed by atoms with van der Waals surface area (Å²) in [6.45, 7) is 9.03. The molecular formula is C32H34N6O. The van der Waals surface area contributed by atoms with E-state index in [0.717, 1.165) is 69.3 Å². The second-order valence-electron chi connectivity index (χ2n) is 10.4. The zero-order valence-corrected chi connectivity index (χ0v) is 23.2. The first-order valence-corrected chi connectivity index (χ1v) is 13.4. The van der Waals surface area contributed by atoms with Gasteiger partial charge in [-0.05, 0) is 80.4 Å². The van der Waals surface area contributed by atoms with Crippen molar-refractivity contribution >= 4 is 16.9 Å². The first-order valence-electron chi connectivity index (χ1n) is 13.4. The zero-order valence-electron chi connectivity index (χ0n) is 23.2. The Morgan fingerprint density at radius 3 is 2.44 bits per heavy atom. The molecule has 6 rings (SSSR count). The lowest BCUT2D eigenvalue weighted by Gasteiger charge is -2.39. The molecule has 1 aliphatic heterocycles. The van der Waals surface area contributed by atoms with Crippen molar-refractivity contribution in [3.63, 3.8) is 0 Å². The average Bonchev–Trinajstić information content (AvgIpc) is 3.27. The van der Waals surface area contributed by atoms with Crippen LogP contribution in [0.5, 0.6) is 5.75 Å². The van der Waals surface area contributed by atoms with Crippen molar-refractivity contribution in [1.82, 2.24) is 25.1 Å². The Morgan fingerprint density at radius 1 is 0.949 bits per heavy atom. The van der Waals surface area contributed by atoms with Crippen LogP contribution >= 0.6 is 0 Å². The molecule has 0 spiro atoms. The molecule has 198 valence electrons. The van der Waals surface area contributed by atoms with Crippen molar-refractivity contribution in [2.75, 3.05) is 32.1 Å². The van der Waals surface area contributed by atoms with Gasteiger partial charge in [0.05, 0.1) is 24.9 Å². The van der Waals surface area contributed by atoms with Crippen LogP contribution in [0.2, 0.25) is 0 Å². The second-order valence-corrected chi connectivity index (χ2v) is 10.4. The fraction of sp³-hybridized carbons (Fsp3) is 0.281. The lowest BCUT2D eigenvalue weighted by atomic mass is 9.97. The molecule has 1 fully saturated rings. The van der Waals surface area contributed by atoms with Crippen molar-refractivity contribution < 1.29 is 4.74 Å². The molecule has 3 aromatic heterocycles. The number of hydrogen-bond acceptors (Lipinski definition) is 6. The van der Waals surface area contributed by atoms with E-state index in [2.05, 4.69) is 84.2 Å². The first kappa shape index (κ1) is 25.1. The minimum Gasteiger partial charge on any atom is -0.497 e. The number of anilines is 1. The molecule has 1 saturated heterocycles. The lowest BCUT2D eigenvalue weighted by Crippen LogP contribution is -2.57. The molecule has 0 unspecified atom stereocenters. The summed E-state index contributed by atoms with van der Waals surface area (Å²) in [4.78, 5) is 12.3. The van der Waals surface area contributed by atoms with Crippen LogP contribution in [-0.4, -0.2) is 53.0 Å². The number of ether oxygens (including phenoxy) is 1. The topological polar surface area (TPSA) is 68.1 Å². The third kappa shape index (κ3) is 4.63. The maximum absolute atomic E-state index is 5.35. The SMILES string of the molecule is CNC1CN(c2ccc(-c3nn(Cc4ccc(OC)cc4)c4cc(C)c(-c5cccc(C)c5C)nc34)cn2)C1. The van der Waals surface area contributed by atoms with Gasteiger partial charge in [-0.15, -0.1) is 0 Å². The molecule has 4 heterocycles. The molecule has 0 atom stereocenters. The smallest absolute Gasteiger partial charge is 0.128 e. The number of rotatable bonds is 7. The Balaban J connectivity index is 1.45. The Kier molecular flexibility index (Phi) is 6.53. The van der Waals surface area contributed by atoms with Crippen LogP contribution in [0.25, 0.3) is 33.5 Å². The molecule has 0 radical (unpaired) electrons. The van der Waals surface area contributed by atoms with E-state index >= 15 is 0 Å². The highest BCUT2D eigenvalue weighted by Gasteiger charge is 2.26. The van der Waals surface area contributed by atoms with E-state index in [4.69, 9.17) is 19.8 Å². The molecule has 7 heteroatoms. The number of hydrogen-bond donors (Lipinski definition) is 1. The van der Waals surface area contributed by atoms with Gasteiger partial charge in [-0.2, -0.15) is 5.10 Å². The number of methoxy groups -OCH3 is 1. The third-order valence-electron chi connectivity index (χ3n) is 7.90. The standard InChI is InChI=1S/C32H34N6O/c1-20-7-6-8-27(22(20)3)30-21(2)15-28-32(35-30)31(36-38(28)17-23-9-12-26(39-5)13-10-23)24-11-14-29(34-16-24)37-18-25(19-37)33-4/h6-16,25,33H,17-19H2,1-5H3. The summed E-state index contributed by atoms with van der Waals surface area (Å²) >= 11 is 0. The van der Waals surface area contributed by atoms with Gasteiger partial charge in [0, 0.05) is 36.5 Å². The van der Waals surface area contributed by atoms with Crippen molar-refractivity contribution in [2.45, 2.75) is 33.4 Å². The van der Waals surface area contributed by atoms with Gasteiger partial charge in [0.2, 0.25) is 0 Å². The predicted molar refractivity (Wildman–Crippen MR) is 158 cm³/mol. The molecule has 39 heavy (non-hydrogen) atoms. The Morgan fingerprint density at radius 2 is 1.74 bits per heavy atom. The van der Waals surface area contributed by atoms with Crippen molar-refractivity contribution in [3.05, 3.63) is 89.1 Å². The van der Waals surface area contributed by atoms with E-state index in [1.54, 1.807) is 7.11 Å². The quantitative estimate of drug-likeness (QED) is 0.305. The van der Waals surface area contributed by atoms with Crippen LogP contribution in [0, 0.1) is 20.8 Å². The van der Waals surface area contributed by atoms with Crippen molar-refractivity contribution in [1.29, 1.82) is 0 Å². The summed E-state index contributed by atoms with van der Waals surface area (Å²) in [5, 5.41) is 8.43. The van der Waals surface area contributed by atoms with Gasteiger partial charge in [0.15, 0.2) is 0 Å². The monoisotopic (exact) mass is 518 g/mol. The summed E-state index contributed by atoms with van der Waals surface area (Å²) < 4.78 is 7.40. The van der Waals surface area contributed by atoms with Gasteiger partial charge >= 0.3 is 0 Å². The molecule has 0 aliphatic carbocycles. The van der Waals surface area contributed by atoms with E-state index in [9.17, 15) is 0 Å². The molecule has 2 aromatic carbocycles. The van der Waals surface area contributed by atoms with Crippen LogP contribution < -0.4 is 15.0 Å². The highest BCUT2D eigenvalue weighted by molar-refractivity contribution is 5.92. The van der Waals surface area contributed by atoms with Crippen LogP contribution in [0.15, 0.2) is 66.9 Å². The number of aryl methyl sites for hydroxylation is 2. The van der Waals surface area contributed by atoms with Crippen molar-refractivity contribution in [3.8, 4) is 28.3 Å². The van der Waals surface area contributed by atoms with Gasteiger partial charge in [-0.1, -0.05) is 30.3 Å². The van der Waals surface area contributed by atoms with Gasteiger partial charge in [-0.25, -0.2) is 9.97 Å². The van der Waals surface area contributed by atoms with Crippen LogP contribution in [0.1, 0.15) is 22.3 Å². The van der Waals surface area contributed by atoms with Gasteiger partial charge < -0.3 is 15.0 Å². The maximum Gasteiger partial charge on any atom is 0.128 e. The number of fused-ring (bicyclic) bond motifs is 1. The second kappa shape index (κ2) is 10.2. The largest absolute Gasteiger partial charge is 0.497 e. The molecule has 1 N–H and O–H groups in total. The number of nitrogens with zero attached hydrogens (tertiary/aromatic N) is 5. The van der Waals surface area contributed by atoms with Crippen LogP contribution in [-0.2, 0) is 6.54 Å². The van der Waals surface area contributed by atoms with Gasteiger partial charge in [-0.3, -0.25) is 4.68 Å². The highest BCUT2D eigenvalue weighted by atomic mass is 16.5. The van der Waals surface area contributed by atoms with Crippen LogP contribution in [0.4, 0.5) is 5.82 Å². The third-order valence-corrected chi connectivity index (χ3v) is 7.90.